The second-order valence-corrected chi connectivity index (χ2v) is 10.4. The quantitative estimate of drug-likeness (QED) is 0.826. The van der Waals surface area contributed by atoms with Crippen molar-refractivity contribution in [1.82, 2.24) is 14.0 Å². The summed E-state index contributed by atoms with van der Waals surface area (Å²) in [5.74, 6) is 0. The summed E-state index contributed by atoms with van der Waals surface area (Å²) in [6, 6.07) is -0.389. The van der Waals surface area contributed by atoms with Crippen LogP contribution in [0, 0.1) is 0 Å². The Labute approximate surface area is 133 Å². The Kier molecular flexibility index (Phi) is 5.27. The van der Waals surface area contributed by atoms with Gasteiger partial charge in [-0.1, -0.05) is 29.4 Å². The molecular formula is C10H16ClN3O4S3. The SMILES string of the molecule is CS(=O)(=O)NCC1CCCCN1S(=O)(=O)c1cnc(Cl)s1. The third-order valence-corrected chi connectivity index (χ3v) is 7.37. The molecule has 1 fully saturated rings. The number of aromatic nitrogens is 1. The molecule has 1 aliphatic heterocycles. The molecule has 1 saturated heterocycles. The highest BCUT2D eigenvalue weighted by atomic mass is 35.5. The van der Waals surface area contributed by atoms with Crippen molar-refractivity contribution in [2.24, 2.45) is 0 Å². The normalized spacial score (nSPS) is 21.5. The molecule has 0 aromatic carbocycles. The van der Waals surface area contributed by atoms with E-state index in [0.717, 1.165) is 30.4 Å². The van der Waals surface area contributed by atoms with Crippen LogP contribution in [0.3, 0.4) is 0 Å². The lowest BCUT2D eigenvalue weighted by molar-refractivity contribution is 0.253. The fraction of sp³-hybridized carbons (Fsp3) is 0.700. The van der Waals surface area contributed by atoms with Gasteiger partial charge in [-0.15, -0.1) is 0 Å². The monoisotopic (exact) mass is 373 g/mol. The van der Waals surface area contributed by atoms with E-state index in [0.29, 0.717) is 13.0 Å². The zero-order chi connectivity index (χ0) is 15.7. The summed E-state index contributed by atoms with van der Waals surface area (Å²) in [4.78, 5) is 3.75. The first-order valence-corrected chi connectivity index (χ1v) is 10.8. The second-order valence-electron chi connectivity index (χ2n) is 4.82. The third kappa shape index (κ3) is 4.36. The van der Waals surface area contributed by atoms with E-state index >= 15 is 0 Å². The number of thiazole rings is 1. The highest BCUT2D eigenvalue weighted by Crippen LogP contribution is 2.29. The fourth-order valence-electron chi connectivity index (χ4n) is 2.22. The van der Waals surface area contributed by atoms with E-state index in [2.05, 4.69) is 9.71 Å². The molecule has 0 bridgehead atoms. The Morgan fingerprint density at radius 2 is 2.14 bits per heavy atom. The zero-order valence-electron chi connectivity index (χ0n) is 11.3. The molecule has 1 unspecified atom stereocenters. The summed E-state index contributed by atoms with van der Waals surface area (Å²) in [6.45, 7) is 0.443. The number of hydrogen-bond acceptors (Lipinski definition) is 6. The van der Waals surface area contributed by atoms with Crippen molar-refractivity contribution in [3.8, 4) is 0 Å². The molecule has 1 aliphatic rings. The average Bonchev–Trinajstić information content (AvgIpc) is 2.83. The molecule has 21 heavy (non-hydrogen) atoms. The van der Waals surface area contributed by atoms with Crippen LogP contribution in [0.25, 0.3) is 0 Å². The van der Waals surface area contributed by atoms with E-state index in [1.54, 1.807) is 0 Å². The number of halogens is 1. The Hall–Kier alpha value is -0.260. The lowest BCUT2D eigenvalue weighted by atomic mass is 10.1. The van der Waals surface area contributed by atoms with Gasteiger partial charge < -0.3 is 0 Å². The largest absolute Gasteiger partial charge is 0.254 e. The van der Waals surface area contributed by atoms with Gasteiger partial charge in [0.25, 0.3) is 10.0 Å². The van der Waals surface area contributed by atoms with Crippen molar-refractivity contribution in [1.29, 1.82) is 0 Å². The molecule has 2 heterocycles. The van der Waals surface area contributed by atoms with Crippen LogP contribution in [0.5, 0.6) is 0 Å². The van der Waals surface area contributed by atoms with Crippen molar-refractivity contribution < 1.29 is 16.8 Å². The lowest BCUT2D eigenvalue weighted by Gasteiger charge is -2.34. The Balaban J connectivity index is 2.22. The van der Waals surface area contributed by atoms with E-state index in [1.807, 2.05) is 0 Å². The molecule has 1 aromatic rings. The van der Waals surface area contributed by atoms with Gasteiger partial charge in [-0.05, 0) is 12.8 Å². The van der Waals surface area contributed by atoms with Crippen LogP contribution in [0.4, 0.5) is 0 Å². The topological polar surface area (TPSA) is 96.4 Å². The molecule has 1 N–H and O–H groups in total. The van der Waals surface area contributed by atoms with Crippen LogP contribution in [0.1, 0.15) is 19.3 Å². The summed E-state index contributed by atoms with van der Waals surface area (Å²) >= 11 is 6.60. The molecule has 0 spiro atoms. The van der Waals surface area contributed by atoms with Gasteiger partial charge >= 0.3 is 0 Å². The predicted octanol–water partition coefficient (Wildman–Crippen LogP) is 0.889. The molecule has 0 radical (unpaired) electrons. The van der Waals surface area contributed by atoms with Gasteiger partial charge in [0.1, 0.15) is 0 Å². The van der Waals surface area contributed by atoms with Crippen molar-refractivity contribution in [2.75, 3.05) is 19.3 Å². The number of nitrogens with one attached hydrogen (secondary N) is 1. The third-order valence-electron chi connectivity index (χ3n) is 3.17. The van der Waals surface area contributed by atoms with Crippen molar-refractivity contribution in [3.05, 3.63) is 10.7 Å². The minimum atomic E-state index is -3.69. The summed E-state index contributed by atoms with van der Waals surface area (Å²) < 4.78 is 51.6. The Morgan fingerprint density at radius 1 is 1.43 bits per heavy atom. The van der Waals surface area contributed by atoms with Crippen molar-refractivity contribution >= 4 is 43.0 Å². The first-order chi connectivity index (χ1) is 9.70. The number of piperidine rings is 1. The summed E-state index contributed by atoms with van der Waals surface area (Å²) in [7, 11) is -7.04. The number of sulfonamides is 2. The maximum atomic E-state index is 12.6. The number of hydrogen-bond donors (Lipinski definition) is 1. The predicted molar refractivity (Wildman–Crippen MR) is 81.5 cm³/mol. The highest BCUT2D eigenvalue weighted by Gasteiger charge is 2.35. The molecular weight excluding hydrogens is 358 g/mol. The molecule has 1 atom stereocenters. The first-order valence-electron chi connectivity index (χ1n) is 6.28. The molecule has 11 heteroatoms. The maximum absolute atomic E-state index is 12.6. The van der Waals surface area contributed by atoms with Gasteiger partial charge in [-0.25, -0.2) is 26.5 Å². The van der Waals surface area contributed by atoms with E-state index in [4.69, 9.17) is 11.6 Å². The van der Waals surface area contributed by atoms with Crippen LogP contribution in [0.15, 0.2) is 10.4 Å². The van der Waals surface area contributed by atoms with Crippen molar-refractivity contribution in [2.45, 2.75) is 29.5 Å². The fourth-order valence-corrected chi connectivity index (χ4v) is 5.83. The summed E-state index contributed by atoms with van der Waals surface area (Å²) in [5, 5.41) is 0. The van der Waals surface area contributed by atoms with E-state index in [9.17, 15) is 16.8 Å². The van der Waals surface area contributed by atoms with Crippen molar-refractivity contribution in [3.63, 3.8) is 0 Å². The molecule has 0 aliphatic carbocycles. The Bertz CT molecular complexity index is 701. The summed E-state index contributed by atoms with van der Waals surface area (Å²) in [5.41, 5.74) is 0. The van der Waals surface area contributed by atoms with Crippen LogP contribution in [0.2, 0.25) is 4.47 Å². The van der Waals surface area contributed by atoms with Gasteiger partial charge in [-0.2, -0.15) is 4.31 Å². The van der Waals surface area contributed by atoms with E-state index < -0.39 is 20.0 Å². The highest BCUT2D eigenvalue weighted by molar-refractivity contribution is 7.91. The zero-order valence-corrected chi connectivity index (χ0v) is 14.5. The molecule has 120 valence electrons. The molecule has 0 amide bonds. The van der Waals surface area contributed by atoms with Crippen LogP contribution in [-0.2, 0) is 20.0 Å². The second kappa shape index (κ2) is 6.47. The van der Waals surface area contributed by atoms with Crippen LogP contribution in [-0.4, -0.2) is 51.5 Å². The molecule has 7 nitrogen and oxygen atoms in total. The summed E-state index contributed by atoms with van der Waals surface area (Å²) in [6.07, 6.45) is 4.52. The molecule has 1 aromatic heterocycles. The van der Waals surface area contributed by atoms with E-state index in [1.165, 1.54) is 10.5 Å². The van der Waals surface area contributed by atoms with Gasteiger partial charge in [0.15, 0.2) is 8.68 Å². The standard InChI is InChI=1S/C10H16ClN3O4S3/c1-20(15,16)13-6-8-4-2-3-5-14(8)21(17,18)9-7-12-10(11)19-9/h7-8,13H,2-6H2,1H3. The van der Waals surface area contributed by atoms with Gasteiger partial charge in [0.2, 0.25) is 10.0 Å². The Morgan fingerprint density at radius 3 is 2.71 bits per heavy atom. The maximum Gasteiger partial charge on any atom is 0.254 e. The minimum absolute atomic E-state index is 0.0740. The molecule has 2 rings (SSSR count). The van der Waals surface area contributed by atoms with Crippen LogP contribution >= 0.6 is 22.9 Å². The smallest absolute Gasteiger partial charge is 0.232 e. The average molecular weight is 374 g/mol. The van der Waals surface area contributed by atoms with E-state index in [-0.39, 0.29) is 21.3 Å². The minimum Gasteiger partial charge on any atom is -0.232 e. The first kappa shape index (κ1) is 17.1. The lowest BCUT2D eigenvalue weighted by Crippen LogP contribution is -2.48. The van der Waals surface area contributed by atoms with Gasteiger partial charge in [0, 0.05) is 19.1 Å². The van der Waals surface area contributed by atoms with Gasteiger partial charge in [-0.3, -0.25) is 0 Å². The van der Waals surface area contributed by atoms with Crippen LogP contribution < -0.4 is 4.72 Å². The molecule has 0 saturated carbocycles. The number of rotatable bonds is 5. The van der Waals surface area contributed by atoms with Gasteiger partial charge in [0.05, 0.1) is 12.5 Å². The number of nitrogens with zero attached hydrogens (tertiary/aromatic N) is 2.